The van der Waals surface area contributed by atoms with Crippen LogP contribution < -0.4 is 5.32 Å². The number of hydrogen-bond donors (Lipinski definition) is 1. The Balaban J connectivity index is 1.82. The van der Waals surface area contributed by atoms with Gasteiger partial charge >= 0.3 is 0 Å². The highest BCUT2D eigenvalue weighted by atomic mass is 16.5. The Morgan fingerprint density at radius 1 is 1.40 bits per heavy atom. The smallest absolute Gasteiger partial charge is 0.144 e. The summed E-state index contributed by atoms with van der Waals surface area (Å²) in [5.74, 6) is 1.38. The van der Waals surface area contributed by atoms with Gasteiger partial charge in [0.15, 0.2) is 0 Å². The van der Waals surface area contributed by atoms with Gasteiger partial charge in [-0.05, 0) is 43.2 Å². The summed E-state index contributed by atoms with van der Waals surface area (Å²) >= 11 is 0. The molecule has 1 aromatic rings. The molecule has 0 spiro atoms. The van der Waals surface area contributed by atoms with Gasteiger partial charge in [0, 0.05) is 18.8 Å². The number of pyridine rings is 1. The molecule has 0 bridgehead atoms. The van der Waals surface area contributed by atoms with Crippen LogP contribution in [-0.2, 0) is 17.6 Å². The molecule has 0 saturated heterocycles. The average Bonchev–Trinajstić information content (AvgIpc) is 2.88. The highest BCUT2D eigenvalue weighted by Crippen LogP contribution is 2.24. The van der Waals surface area contributed by atoms with Crippen molar-refractivity contribution in [3.63, 3.8) is 0 Å². The highest BCUT2D eigenvalue weighted by Gasteiger charge is 2.16. The van der Waals surface area contributed by atoms with Gasteiger partial charge in [-0.1, -0.05) is 13.8 Å². The van der Waals surface area contributed by atoms with Crippen molar-refractivity contribution in [3.8, 4) is 6.07 Å². The maximum atomic E-state index is 9.19. The van der Waals surface area contributed by atoms with Crippen molar-refractivity contribution in [3.05, 3.63) is 22.9 Å². The molecular weight excluding hydrogens is 250 g/mol. The Labute approximate surface area is 121 Å². The Bertz CT molecular complexity index is 491. The van der Waals surface area contributed by atoms with E-state index in [2.05, 4.69) is 30.2 Å². The third-order valence-electron chi connectivity index (χ3n) is 3.55. The number of nitrogens with zero attached hydrogens (tertiary/aromatic N) is 2. The van der Waals surface area contributed by atoms with Crippen LogP contribution >= 0.6 is 0 Å². The first-order chi connectivity index (χ1) is 9.70. The monoisotopic (exact) mass is 273 g/mol. The van der Waals surface area contributed by atoms with E-state index in [1.54, 1.807) is 0 Å². The molecule has 1 N–H and O–H groups in total. The predicted molar refractivity (Wildman–Crippen MR) is 79.7 cm³/mol. The minimum absolute atomic E-state index is 0.646. The van der Waals surface area contributed by atoms with Crippen LogP contribution in [0.4, 0.5) is 5.82 Å². The van der Waals surface area contributed by atoms with E-state index in [1.165, 1.54) is 5.56 Å². The first-order valence-electron chi connectivity index (χ1n) is 7.45. The second kappa shape index (κ2) is 7.25. The largest absolute Gasteiger partial charge is 0.380 e. The lowest BCUT2D eigenvalue weighted by atomic mass is 10.1. The molecule has 0 saturated carbocycles. The van der Waals surface area contributed by atoms with Crippen LogP contribution in [0.5, 0.6) is 0 Å². The van der Waals surface area contributed by atoms with Crippen molar-refractivity contribution >= 4 is 5.82 Å². The van der Waals surface area contributed by atoms with Gasteiger partial charge in [-0.15, -0.1) is 0 Å². The third-order valence-corrected chi connectivity index (χ3v) is 3.55. The second-order valence-corrected chi connectivity index (χ2v) is 5.68. The number of ether oxygens (including phenoxy) is 1. The SMILES string of the molecule is CC(C)CCOCCNc1nc2c(cc1C#N)CCC2. The van der Waals surface area contributed by atoms with Gasteiger partial charge in [0.1, 0.15) is 11.9 Å². The van der Waals surface area contributed by atoms with Crippen molar-refractivity contribution in [1.82, 2.24) is 4.98 Å². The molecule has 0 fully saturated rings. The first-order valence-corrected chi connectivity index (χ1v) is 7.45. The van der Waals surface area contributed by atoms with E-state index >= 15 is 0 Å². The number of fused-ring (bicyclic) bond motifs is 1. The lowest BCUT2D eigenvalue weighted by Crippen LogP contribution is -2.13. The third kappa shape index (κ3) is 3.94. The summed E-state index contributed by atoms with van der Waals surface area (Å²) < 4.78 is 5.56. The molecule has 2 rings (SSSR count). The molecule has 4 heteroatoms. The summed E-state index contributed by atoms with van der Waals surface area (Å²) in [6, 6.07) is 4.21. The first kappa shape index (κ1) is 14.8. The lowest BCUT2D eigenvalue weighted by Gasteiger charge is -2.10. The fraction of sp³-hybridized carbons (Fsp3) is 0.625. The summed E-state index contributed by atoms with van der Waals surface area (Å²) in [6.45, 7) is 6.52. The number of nitriles is 1. The van der Waals surface area contributed by atoms with E-state index < -0.39 is 0 Å². The molecule has 1 aromatic heterocycles. The van der Waals surface area contributed by atoms with Gasteiger partial charge in [0.2, 0.25) is 0 Å². The zero-order chi connectivity index (χ0) is 14.4. The van der Waals surface area contributed by atoms with Crippen molar-refractivity contribution in [1.29, 1.82) is 5.26 Å². The predicted octanol–water partition coefficient (Wildman–Crippen LogP) is 2.92. The van der Waals surface area contributed by atoms with E-state index in [9.17, 15) is 5.26 Å². The molecule has 0 aromatic carbocycles. The molecule has 0 aliphatic heterocycles. The minimum Gasteiger partial charge on any atom is -0.380 e. The van der Waals surface area contributed by atoms with Crippen molar-refractivity contribution < 1.29 is 4.74 Å². The van der Waals surface area contributed by atoms with Crippen LogP contribution in [0.1, 0.15) is 43.5 Å². The van der Waals surface area contributed by atoms with Crippen LogP contribution in [0.2, 0.25) is 0 Å². The van der Waals surface area contributed by atoms with Crippen LogP contribution in [0, 0.1) is 17.2 Å². The molecule has 4 nitrogen and oxygen atoms in total. The Kier molecular flexibility index (Phi) is 5.37. The molecule has 0 unspecified atom stereocenters. The lowest BCUT2D eigenvalue weighted by molar-refractivity contribution is 0.132. The van der Waals surface area contributed by atoms with Crippen molar-refractivity contribution in [2.75, 3.05) is 25.1 Å². The van der Waals surface area contributed by atoms with Crippen molar-refractivity contribution in [2.45, 2.75) is 39.5 Å². The quantitative estimate of drug-likeness (QED) is 0.776. The van der Waals surface area contributed by atoms with Crippen LogP contribution in [-0.4, -0.2) is 24.7 Å². The van der Waals surface area contributed by atoms with Gasteiger partial charge in [-0.2, -0.15) is 5.26 Å². The van der Waals surface area contributed by atoms with E-state index in [-0.39, 0.29) is 0 Å². The maximum Gasteiger partial charge on any atom is 0.144 e. The van der Waals surface area contributed by atoms with Crippen molar-refractivity contribution in [2.24, 2.45) is 5.92 Å². The molecule has 0 radical (unpaired) electrons. The van der Waals surface area contributed by atoms with Crippen LogP contribution in [0.3, 0.4) is 0 Å². The second-order valence-electron chi connectivity index (χ2n) is 5.68. The molecule has 1 aliphatic rings. The Morgan fingerprint density at radius 3 is 3.00 bits per heavy atom. The fourth-order valence-electron chi connectivity index (χ4n) is 2.35. The van der Waals surface area contributed by atoms with Gasteiger partial charge in [0.05, 0.1) is 12.2 Å². The van der Waals surface area contributed by atoms with E-state index in [1.807, 2.05) is 6.07 Å². The van der Waals surface area contributed by atoms with Crippen LogP contribution in [0.15, 0.2) is 6.07 Å². The molecule has 108 valence electrons. The van der Waals surface area contributed by atoms with Gasteiger partial charge in [0.25, 0.3) is 0 Å². The molecule has 1 heterocycles. The summed E-state index contributed by atoms with van der Waals surface area (Å²) in [4.78, 5) is 4.58. The van der Waals surface area contributed by atoms with Gasteiger partial charge in [-0.3, -0.25) is 0 Å². The zero-order valence-corrected chi connectivity index (χ0v) is 12.4. The summed E-state index contributed by atoms with van der Waals surface area (Å²) in [7, 11) is 0. The maximum absolute atomic E-state index is 9.19. The van der Waals surface area contributed by atoms with Gasteiger partial charge in [-0.25, -0.2) is 4.98 Å². The number of nitrogens with one attached hydrogen (secondary N) is 1. The minimum atomic E-state index is 0.646. The Hall–Kier alpha value is -1.60. The van der Waals surface area contributed by atoms with E-state index in [4.69, 9.17) is 4.74 Å². The summed E-state index contributed by atoms with van der Waals surface area (Å²) in [6.07, 6.45) is 4.31. The Morgan fingerprint density at radius 2 is 2.25 bits per heavy atom. The normalized spacial score (nSPS) is 13.3. The van der Waals surface area contributed by atoms with E-state index in [0.717, 1.165) is 38.0 Å². The molecule has 0 amide bonds. The topological polar surface area (TPSA) is 57.9 Å². The molecule has 0 atom stereocenters. The summed E-state index contributed by atoms with van der Waals surface area (Å²) in [5.41, 5.74) is 3.03. The highest BCUT2D eigenvalue weighted by molar-refractivity contribution is 5.55. The number of anilines is 1. The summed E-state index contributed by atoms with van der Waals surface area (Å²) in [5, 5.41) is 12.4. The number of aromatic nitrogens is 1. The number of aryl methyl sites for hydroxylation is 2. The molecule has 20 heavy (non-hydrogen) atoms. The standard InChI is InChI=1S/C16H23N3O/c1-12(2)6-8-20-9-7-18-16-14(11-17)10-13-4-3-5-15(13)19-16/h10,12H,3-9H2,1-2H3,(H,18,19). The van der Waals surface area contributed by atoms with Crippen LogP contribution in [0.25, 0.3) is 0 Å². The molecule has 1 aliphatic carbocycles. The zero-order valence-electron chi connectivity index (χ0n) is 12.4. The number of hydrogen-bond acceptors (Lipinski definition) is 4. The van der Waals surface area contributed by atoms with Gasteiger partial charge < -0.3 is 10.1 Å². The van der Waals surface area contributed by atoms with E-state index in [0.29, 0.717) is 30.5 Å². The number of rotatable bonds is 7. The fourth-order valence-corrected chi connectivity index (χ4v) is 2.35. The average molecular weight is 273 g/mol. The molecular formula is C16H23N3O.